The highest BCUT2D eigenvalue weighted by Gasteiger charge is 2.12. The Morgan fingerprint density at radius 1 is 1.42 bits per heavy atom. The van der Waals surface area contributed by atoms with Gasteiger partial charge in [0.2, 0.25) is 0 Å². The SMILES string of the molecule is CC(C)N(C)CCn1c(CCl)nc2cc(Cl)cnc21. The summed E-state index contributed by atoms with van der Waals surface area (Å²) in [5.41, 5.74) is 1.65. The van der Waals surface area contributed by atoms with Crippen LogP contribution in [0.2, 0.25) is 5.02 Å². The van der Waals surface area contributed by atoms with Crippen LogP contribution in [0, 0.1) is 0 Å². The van der Waals surface area contributed by atoms with Gasteiger partial charge in [0.1, 0.15) is 11.3 Å². The molecule has 19 heavy (non-hydrogen) atoms. The molecule has 0 aliphatic rings. The third-order valence-electron chi connectivity index (χ3n) is 3.31. The summed E-state index contributed by atoms with van der Waals surface area (Å²) in [6.45, 7) is 6.10. The van der Waals surface area contributed by atoms with E-state index in [1.54, 1.807) is 6.20 Å². The van der Waals surface area contributed by atoms with Crippen LogP contribution < -0.4 is 0 Å². The number of halogens is 2. The van der Waals surface area contributed by atoms with Gasteiger partial charge in [-0.3, -0.25) is 0 Å². The van der Waals surface area contributed by atoms with E-state index in [0.717, 1.165) is 30.1 Å². The van der Waals surface area contributed by atoms with E-state index in [1.807, 2.05) is 6.07 Å². The van der Waals surface area contributed by atoms with E-state index >= 15 is 0 Å². The molecule has 2 heterocycles. The fourth-order valence-electron chi connectivity index (χ4n) is 1.89. The average Bonchev–Trinajstić information content (AvgIpc) is 2.72. The van der Waals surface area contributed by atoms with Crippen LogP contribution in [-0.2, 0) is 12.4 Å². The molecule has 0 atom stereocenters. The second kappa shape index (κ2) is 6.07. The summed E-state index contributed by atoms with van der Waals surface area (Å²) in [5, 5.41) is 0.595. The normalized spacial score (nSPS) is 11.9. The number of fused-ring (bicyclic) bond motifs is 1. The van der Waals surface area contributed by atoms with Crippen LogP contribution in [0.4, 0.5) is 0 Å². The van der Waals surface area contributed by atoms with Crippen molar-refractivity contribution in [1.29, 1.82) is 0 Å². The van der Waals surface area contributed by atoms with Gasteiger partial charge in [0, 0.05) is 25.3 Å². The van der Waals surface area contributed by atoms with Crippen molar-refractivity contribution in [3.05, 3.63) is 23.1 Å². The molecule has 0 saturated carbocycles. The van der Waals surface area contributed by atoms with Gasteiger partial charge in [-0.15, -0.1) is 11.6 Å². The number of hydrogen-bond acceptors (Lipinski definition) is 3. The zero-order valence-electron chi connectivity index (χ0n) is 11.4. The summed E-state index contributed by atoms with van der Waals surface area (Å²) in [7, 11) is 2.11. The van der Waals surface area contributed by atoms with E-state index < -0.39 is 0 Å². The molecule has 0 unspecified atom stereocenters. The van der Waals surface area contributed by atoms with Crippen molar-refractivity contribution < 1.29 is 0 Å². The zero-order valence-corrected chi connectivity index (χ0v) is 12.9. The van der Waals surface area contributed by atoms with Crippen LogP contribution in [0.5, 0.6) is 0 Å². The lowest BCUT2D eigenvalue weighted by atomic mass is 10.3. The molecule has 0 fully saturated rings. The fraction of sp³-hybridized carbons (Fsp3) is 0.538. The van der Waals surface area contributed by atoms with Gasteiger partial charge in [0.25, 0.3) is 0 Å². The first-order valence-electron chi connectivity index (χ1n) is 6.29. The monoisotopic (exact) mass is 300 g/mol. The number of aromatic nitrogens is 3. The first-order chi connectivity index (χ1) is 9.02. The molecule has 2 rings (SSSR count). The highest BCUT2D eigenvalue weighted by Crippen LogP contribution is 2.19. The molecule has 104 valence electrons. The van der Waals surface area contributed by atoms with E-state index in [4.69, 9.17) is 23.2 Å². The maximum atomic E-state index is 5.96. The van der Waals surface area contributed by atoms with E-state index in [9.17, 15) is 0 Å². The van der Waals surface area contributed by atoms with Gasteiger partial charge in [-0.2, -0.15) is 0 Å². The Kier molecular flexibility index (Phi) is 4.66. The Labute approximate surface area is 123 Å². The second-order valence-electron chi connectivity index (χ2n) is 4.88. The molecular weight excluding hydrogens is 283 g/mol. The van der Waals surface area contributed by atoms with Crippen LogP contribution in [0.25, 0.3) is 11.2 Å². The van der Waals surface area contributed by atoms with Crippen molar-refractivity contribution in [2.75, 3.05) is 13.6 Å². The van der Waals surface area contributed by atoms with Gasteiger partial charge in [-0.1, -0.05) is 11.6 Å². The van der Waals surface area contributed by atoms with Gasteiger partial charge in [0.05, 0.1) is 10.9 Å². The Morgan fingerprint density at radius 2 is 2.16 bits per heavy atom. The topological polar surface area (TPSA) is 34.0 Å². The predicted molar refractivity (Wildman–Crippen MR) is 79.9 cm³/mol. The summed E-state index contributed by atoms with van der Waals surface area (Å²) in [5.74, 6) is 1.21. The van der Waals surface area contributed by atoms with Crippen molar-refractivity contribution in [3.63, 3.8) is 0 Å². The van der Waals surface area contributed by atoms with Crippen molar-refractivity contribution >= 4 is 34.4 Å². The number of likely N-dealkylation sites (N-methyl/N-ethyl adjacent to an activating group) is 1. The Morgan fingerprint density at radius 3 is 2.79 bits per heavy atom. The molecule has 6 heteroatoms. The summed E-state index contributed by atoms with van der Waals surface area (Å²) in [6, 6.07) is 2.33. The van der Waals surface area contributed by atoms with E-state index in [2.05, 4.69) is 40.3 Å². The molecule has 0 amide bonds. The highest BCUT2D eigenvalue weighted by molar-refractivity contribution is 6.31. The predicted octanol–water partition coefficient (Wildman–Crippen LogP) is 3.16. The molecule has 0 saturated heterocycles. The van der Waals surface area contributed by atoms with Gasteiger partial charge in [-0.05, 0) is 27.0 Å². The van der Waals surface area contributed by atoms with E-state index in [1.165, 1.54) is 0 Å². The molecule has 0 N–H and O–H groups in total. The smallest absolute Gasteiger partial charge is 0.160 e. The van der Waals surface area contributed by atoms with Crippen molar-refractivity contribution in [1.82, 2.24) is 19.4 Å². The van der Waals surface area contributed by atoms with Crippen LogP contribution in [0.15, 0.2) is 12.3 Å². The van der Waals surface area contributed by atoms with Gasteiger partial charge in [-0.25, -0.2) is 9.97 Å². The maximum absolute atomic E-state index is 5.96. The molecule has 2 aromatic rings. The molecule has 0 aromatic carbocycles. The minimum Gasteiger partial charge on any atom is -0.310 e. The van der Waals surface area contributed by atoms with Gasteiger partial charge < -0.3 is 9.47 Å². The number of pyridine rings is 1. The first kappa shape index (κ1) is 14.6. The quantitative estimate of drug-likeness (QED) is 0.796. The van der Waals surface area contributed by atoms with Crippen LogP contribution >= 0.6 is 23.2 Å². The number of nitrogens with zero attached hydrogens (tertiary/aromatic N) is 4. The van der Waals surface area contributed by atoms with Gasteiger partial charge in [0.15, 0.2) is 5.65 Å². The summed E-state index contributed by atoms with van der Waals surface area (Å²) in [6.07, 6.45) is 1.65. The Balaban J connectivity index is 2.30. The van der Waals surface area contributed by atoms with Crippen LogP contribution in [0.3, 0.4) is 0 Å². The number of hydrogen-bond donors (Lipinski definition) is 0. The second-order valence-corrected chi connectivity index (χ2v) is 5.59. The number of imidazole rings is 1. The van der Waals surface area contributed by atoms with Crippen molar-refractivity contribution in [2.45, 2.75) is 32.3 Å². The molecule has 0 radical (unpaired) electrons. The molecule has 0 aliphatic carbocycles. The molecular formula is C13H18Cl2N4. The summed E-state index contributed by atoms with van der Waals surface area (Å²) in [4.78, 5) is 11.1. The Bertz CT molecular complexity index is 565. The van der Waals surface area contributed by atoms with E-state index in [0.29, 0.717) is 16.9 Å². The zero-order chi connectivity index (χ0) is 14.0. The lowest BCUT2D eigenvalue weighted by Crippen LogP contribution is -2.30. The maximum Gasteiger partial charge on any atom is 0.160 e. The van der Waals surface area contributed by atoms with Crippen molar-refractivity contribution in [3.8, 4) is 0 Å². The lowest BCUT2D eigenvalue weighted by Gasteiger charge is -2.21. The minimum absolute atomic E-state index is 0.374. The lowest BCUT2D eigenvalue weighted by molar-refractivity contribution is 0.263. The average molecular weight is 301 g/mol. The molecule has 0 aliphatic heterocycles. The summed E-state index contributed by atoms with van der Waals surface area (Å²) < 4.78 is 2.07. The number of rotatable bonds is 5. The fourth-order valence-corrected chi connectivity index (χ4v) is 2.24. The Hall–Kier alpha value is -0.840. The molecule has 0 spiro atoms. The molecule has 4 nitrogen and oxygen atoms in total. The molecule has 2 aromatic heterocycles. The molecule has 0 bridgehead atoms. The van der Waals surface area contributed by atoms with Crippen LogP contribution in [0.1, 0.15) is 19.7 Å². The van der Waals surface area contributed by atoms with Gasteiger partial charge >= 0.3 is 0 Å². The first-order valence-corrected chi connectivity index (χ1v) is 7.21. The summed E-state index contributed by atoms with van der Waals surface area (Å²) >= 11 is 11.9. The minimum atomic E-state index is 0.374. The number of alkyl halides is 1. The van der Waals surface area contributed by atoms with Crippen LogP contribution in [-0.4, -0.2) is 39.1 Å². The van der Waals surface area contributed by atoms with E-state index in [-0.39, 0.29) is 0 Å². The third kappa shape index (κ3) is 3.19. The van der Waals surface area contributed by atoms with Crippen molar-refractivity contribution in [2.24, 2.45) is 0 Å². The standard InChI is InChI=1S/C13H18Cl2N4/c1-9(2)18(3)4-5-19-12(7-14)17-11-6-10(15)8-16-13(11)19/h6,8-9H,4-5,7H2,1-3H3. The third-order valence-corrected chi connectivity index (χ3v) is 3.75. The largest absolute Gasteiger partial charge is 0.310 e. The highest BCUT2D eigenvalue weighted by atomic mass is 35.5.